The molecular weight excluding hydrogens is 328 g/mol. The highest BCUT2D eigenvalue weighted by Crippen LogP contribution is 2.46. The van der Waals surface area contributed by atoms with E-state index in [0.717, 1.165) is 21.7 Å². The third kappa shape index (κ3) is 3.06. The number of hydrogen-bond acceptors (Lipinski definition) is 4. The third-order valence-electron chi connectivity index (χ3n) is 4.27. The van der Waals surface area contributed by atoms with Crippen molar-refractivity contribution in [3.05, 3.63) is 108 Å². The summed E-state index contributed by atoms with van der Waals surface area (Å²) in [5.41, 5.74) is 4.65. The number of thioether (sulfide) groups is 1. The van der Waals surface area contributed by atoms with Crippen molar-refractivity contribution in [2.75, 3.05) is 0 Å². The molecule has 0 aromatic heterocycles. The highest BCUT2D eigenvalue weighted by atomic mass is 32.2. The zero-order valence-electron chi connectivity index (χ0n) is 13.5. The summed E-state index contributed by atoms with van der Waals surface area (Å²) in [6, 6.07) is 29.7. The molecule has 1 heterocycles. The predicted octanol–water partition coefficient (Wildman–Crippen LogP) is 4.27. The Hall–Kier alpha value is -2.56. The monoisotopic (exact) mass is 346 g/mol. The van der Waals surface area contributed by atoms with E-state index >= 15 is 0 Å². The van der Waals surface area contributed by atoms with E-state index in [-0.39, 0.29) is 5.25 Å². The molecule has 2 unspecified atom stereocenters. The molecule has 0 saturated heterocycles. The van der Waals surface area contributed by atoms with Gasteiger partial charge in [-0.25, -0.2) is 0 Å². The standard InChI is InChI=1S/C21H18N2OS/c24-21(18-14-8-3-9-15-18)19(16-10-4-1-5-11-16)25-20(22-23-21)17-12-6-2-7-13-17/h1-15,19,23-24H. The number of benzene rings is 3. The SMILES string of the molecule is OC1(c2ccccc2)NN=C(c2ccccc2)SC1c1ccccc1. The third-order valence-corrected chi connectivity index (χ3v) is 5.67. The lowest BCUT2D eigenvalue weighted by Crippen LogP contribution is -2.47. The zero-order valence-corrected chi connectivity index (χ0v) is 14.4. The molecule has 0 saturated carbocycles. The molecule has 3 nitrogen and oxygen atoms in total. The second kappa shape index (κ2) is 6.75. The summed E-state index contributed by atoms with van der Waals surface area (Å²) in [6.45, 7) is 0. The smallest absolute Gasteiger partial charge is 0.193 e. The van der Waals surface area contributed by atoms with Gasteiger partial charge in [0.2, 0.25) is 0 Å². The van der Waals surface area contributed by atoms with Gasteiger partial charge in [-0.15, -0.1) is 0 Å². The summed E-state index contributed by atoms with van der Waals surface area (Å²) in [6.07, 6.45) is 0. The maximum absolute atomic E-state index is 11.5. The van der Waals surface area contributed by atoms with Crippen molar-refractivity contribution < 1.29 is 5.11 Å². The van der Waals surface area contributed by atoms with Crippen LogP contribution in [0.2, 0.25) is 0 Å². The molecule has 0 fully saturated rings. The van der Waals surface area contributed by atoms with E-state index in [1.807, 2.05) is 91.0 Å². The molecule has 2 N–H and O–H groups in total. The van der Waals surface area contributed by atoms with Gasteiger partial charge in [-0.1, -0.05) is 103 Å². The van der Waals surface area contributed by atoms with Crippen LogP contribution >= 0.6 is 11.8 Å². The Labute approximate surface area is 151 Å². The van der Waals surface area contributed by atoms with E-state index in [9.17, 15) is 5.11 Å². The Morgan fingerprint density at radius 3 is 2.00 bits per heavy atom. The summed E-state index contributed by atoms with van der Waals surface area (Å²) < 4.78 is 0. The Morgan fingerprint density at radius 1 is 0.800 bits per heavy atom. The maximum Gasteiger partial charge on any atom is 0.193 e. The number of hydrazone groups is 1. The second-order valence-corrected chi connectivity index (χ2v) is 7.03. The van der Waals surface area contributed by atoms with E-state index in [2.05, 4.69) is 10.5 Å². The van der Waals surface area contributed by atoms with Crippen molar-refractivity contribution in [2.45, 2.75) is 11.0 Å². The fourth-order valence-corrected chi connectivity index (χ4v) is 4.22. The van der Waals surface area contributed by atoms with Crippen LogP contribution in [0.3, 0.4) is 0 Å². The van der Waals surface area contributed by atoms with E-state index in [1.54, 1.807) is 11.8 Å². The first-order valence-electron chi connectivity index (χ1n) is 8.17. The normalized spacial score (nSPS) is 22.8. The van der Waals surface area contributed by atoms with Gasteiger partial charge in [-0.05, 0) is 5.56 Å². The Balaban J connectivity index is 1.79. The van der Waals surface area contributed by atoms with Gasteiger partial charge in [-0.2, -0.15) is 5.10 Å². The summed E-state index contributed by atoms with van der Waals surface area (Å²) in [7, 11) is 0. The molecule has 3 aromatic rings. The maximum atomic E-state index is 11.5. The van der Waals surface area contributed by atoms with Gasteiger partial charge in [0.15, 0.2) is 5.72 Å². The van der Waals surface area contributed by atoms with E-state index in [1.165, 1.54) is 0 Å². The molecule has 4 heteroatoms. The van der Waals surface area contributed by atoms with Gasteiger partial charge in [0.1, 0.15) is 5.04 Å². The number of nitrogens with one attached hydrogen (secondary N) is 1. The van der Waals surface area contributed by atoms with Gasteiger partial charge in [0.25, 0.3) is 0 Å². The quantitative estimate of drug-likeness (QED) is 0.744. The fraction of sp³-hybridized carbons (Fsp3) is 0.0952. The number of aliphatic hydroxyl groups is 1. The number of rotatable bonds is 3. The van der Waals surface area contributed by atoms with Crippen molar-refractivity contribution in [2.24, 2.45) is 5.10 Å². The minimum Gasteiger partial charge on any atom is -0.365 e. The zero-order chi connectivity index (χ0) is 17.1. The van der Waals surface area contributed by atoms with E-state index in [4.69, 9.17) is 0 Å². The highest BCUT2D eigenvalue weighted by molar-refractivity contribution is 8.14. The largest absolute Gasteiger partial charge is 0.365 e. The van der Waals surface area contributed by atoms with Crippen molar-refractivity contribution in [3.8, 4) is 0 Å². The molecule has 4 rings (SSSR count). The minimum absolute atomic E-state index is 0.219. The minimum atomic E-state index is -1.27. The van der Waals surface area contributed by atoms with Crippen LogP contribution in [0.5, 0.6) is 0 Å². The van der Waals surface area contributed by atoms with Gasteiger partial charge >= 0.3 is 0 Å². The molecule has 1 aliphatic rings. The lowest BCUT2D eigenvalue weighted by Gasteiger charge is -2.39. The predicted molar refractivity (Wildman–Crippen MR) is 103 cm³/mol. The highest BCUT2D eigenvalue weighted by Gasteiger charge is 2.43. The molecule has 0 spiro atoms. The Kier molecular flexibility index (Phi) is 4.30. The molecule has 0 radical (unpaired) electrons. The van der Waals surface area contributed by atoms with Crippen molar-refractivity contribution in [1.82, 2.24) is 5.43 Å². The fourth-order valence-electron chi connectivity index (χ4n) is 2.98. The molecule has 124 valence electrons. The molecule has 0 bridgehead atoms. The molecule has 3 aromatic carbocycles. The van der Waals surface area contributed by atoms with Gasteiger partial charge in [0, 0.05) is 11.1 Å². The first kappa shape index (κ1) is 15.9. The first-order chi connectivity index (χ1) is 12.3. The van der Waals surface area contributed by atoms with Crippen molar-refractivity contribution in [1.29, 1.82) is 0 Å². The summed E-state index contributed by atoms with van der Waals surface area (Å²) in [4.78, 5) is 0. The molecule has 0 aliphatic carbocycles. The van der Waals surface area contributed by atoms with E-state index < -0.39 is 5.72 Å². The summed E-state index contributed by atoms with van der Waals surface area (Å²) in [5.74, 6) is 0. The van der Waals surface area contributed by atoms with Crippen LogP contribution in [-0.4, -0.2) is 10.2 Å². The number of hydrogen-bond donors (Lipinski definition) is 2. The summed E-state index contributed by atoms with van der Waals surface area (Å²) >= 11 is 1.58. The lowest BCUT2D eigenvalue weighted by molar-refractivity contribution is -0.00272. The topological polar surface area (TPSA) is 44.6 Å². The van der Waals surface area contributed by atoms with Crippen molar-refractivity contribution >= 4 is 16.8 Å². The van der Waals surface area contributed by atoms with Crippen molar-refractivity contribution in [3.63, 3.8) is 0 Å². The van der Waals surface area contributed by atoms with Crippen LogP contribution in [0.15, 0.2) is 96.1 Å². The average molecular weight is 346 g/mol. The molecule has 1 aliphatic heterocycles. The summed E-state index contributed by atoms with van der Waals surface area (Å²) in [5, 5.41) is 16.6. The Morgan fingerprint density at radius 2 is 1.36 bits per heavy atom. The molecule has 25 heavy (non-hydrogen) atoms. The van der Waals surface area contributed by atoms with Crippen LogP contribution in [0.1, 0.15) is 21.9 Å². The van der Waals surface area contributed by atoms with Crippen LogP contribution in [0, 0.1) is 0 Å². The molecule has 0 amide bonds. The van der Waals surface area contributed by atoms with Crippen LogP contribution in [-0.2, 0) is 5.72 Å². The number of nitrogens with zero attached hydrogens (tertiary/aromatic N) is 1. The van der Waals surface area contributed by atoms with Gasteiger partial charge in [0.05, 0.1) is 5.25 Å². The van der Waals surface area contributed by atoms with Crippen LogP contribution < -0.4 is 5.43 Å². The molecular formula is C21H18N2OS. The van der Waals surface area contributed by atoms with Gasteiger partial charge in [-0.3, -0.25) is 5.43 Å². The Bertz CT molecular complexity index is 868. The van der Waals surface area contributed by atoms with E-state index in [0.29, 0.717) is 0 Å². The molecule has 2 atom stereocenters. The second-order valence-electron chi connectivity index (χ2n) is 5.94. The van der Waals surface area contributed by atoms with Gasteiger partial charge < -0.3 is 5.11 Å². The average Bonchev–Trinajstić information content (AvgIpc) is 2.70. The van der Waals surface area contributed by atoms with Crippen LogP contribution in [0.25, 0.3) is 0 Å². The lowest BCUT2D eigenvalue weighted by atomic mass is 9.94. The first-order valence-corrected chi connectivity index (χ1v) is 9.05. The van der Waals surface area contributed by atoms with Crippen LogP contribution in [0.4, 0.5) is 0 Å².